The highest BCUT2D eigenvalue weighted by Crippen LogP contribution is 2.02. The minimum Gasteiger partial charge on any atom is -0.276 e. The lowest BCUT2D eigenvalue weighted by molar-refractivity contribution is 0.944. The Hall–Kier alpha value is 0.0200. The van der Waals surface area contributed by atoms with Gasteiger partial charge in [-0.05, 0) is 6.42 Å². The van der Waals surface area contributed by atoms with Crippen LogP contribution in [0.5, 0.6) is 0 Å². The average Bonchev–Trinajstić information content (AvgIpc) is 1.72. The summed E-state index contributed by atoms with van der Waals surface area (Å²) >= 11 is 1.68. The molecule has 1 nitrogen and oxygen atoms in total. The number of thioether (sulfide) groups is 1. The first-order valence-corrected chi connectivity index (χ1v) is 3.02. The van der Waals surface area contributed by atoms with Crippen molar-refractivity contribution in [3.05, 3.63) is 0 Å². The molecule has 0 saturated carbocycles. The molecule has 1 aliphatic heterocycles. The van der Waals surface area contributed by atoms with E-state index >= 15 is 0 Å². The Morgan fingerprint density at radius 1 is 1.67 bits per heavy atom. The first-order valence-electron chi connectivity index (χ1n) is 2.03. The molecule has 0 aromatic carbocycles. The van der Waals surface area contributed by atoms with E-state index in [1.807, 2.05) is 0 Å². The van der Waals surface area contributed by atoms with Crippen molar-refractivity contribution in [3.63, 3.8) is 0 Å². The summed E-state index contributed by atoms with van der Waals surface area (Å²) in [4.78, 5) is 3.89. The first kappa shape index (κ1) is 4.19. The minimum absolute atomic E-state index is 0.993. The molecule has 0 bridgehead atoms. The molecule has 0 N–H and O–H groups in total. The van der Waals surface area contributed by atoms with Crippen molar-refractivity contribution in [1.82, 2.24) is 0 Å². The van der Waals surface area contributed by atoms with E-state index in [0.717, 1.165) is 6.54 Å². The van der Waals surface area contributed by atoms with Gasteiger partial charge >= 0.3 is 0 Å². The van der Waals surface area contributed by atoms with Gasteiger partial charge < -0.3 is 0 Å². The van der Waals surface area contributed by atoms with Crippen LogP contribution in [0.2, 0.25) is 0 Å². The van der Waals surface area contributed by atoms with E-state index in [-0.39, 0.29) is 0 Å². The quantitative estimate of drug-likeness (QED) is 0.443. The van der Waals surface area contributed by atoms with Gasteiger partial charge in [0.2, 0.25) is 0 Å². The Labute approximate surface area is 41.8 Å². The molecule has 0 fully saturated rings. The zero-order chi connectivity index (χ0) is 4.24. The number of rotatable bonds is 0. The van der Waals surface area contributed by atoms with Gasteiger partial charge in [-0.15, -0.1) is 11.8 Å². The first-order chi connectivity index (χ1) is 3.00. The molecule has 2 heteroatoms. The van der Waals surface area contributed by atoms with Gasteiger partial charge in [0.25, 0.3) is 0 Å². The molecule has 33 valence electrons. The fourth-order valence-corrected chi connectivity index (χ4v) is 0.900. The van der Waals surface area contributed by atoms with Gasteiger partial charge in [0, 0.05) is 12.3 Å². The zero-order valence-electron chi connectivity index (χ0n) is 3.48. The summed E-state index contributed by atoms with van der Waals surface area (Å²) in [5, 5.41) is 0. The van der Waals surface area contributed by atoms with Crippen LogP contribution in [0.25, 0.3) is 0 Å². The smallest absolute Gasteiger partial charge is 0.122 e. The van der Waals surface area contributed by atoms with Crippen LogP contribution in [0.15, 0.2) is 4.99 Å². The predicted molar refractivity (Wildman–Crippen MR) is 29.4 cm³/mol. The number of aliphatic imine (C=N–C) groups is 1. The topological polar surface area (TPSA) is 12.4 Å². The van der Waals surface area contributed by atoms with Crippen molar-refractivity contribution < 1.29 is 0 Å². The van der Waals surface area contributed by atoms with Crippen LogP contribution in [0.3, 0.4) is 0 Å². The fourth-order valence-electron chi connectivity index (χ4n) is 0.353. The van der Waals surface area contributed by atoms with E-state index < -0.39 is 0 Å². The van der Waals surface area contributed by atoms with Crippen LogP contribution in [0, 0.1) is 0 Å². The Bertz CT molecular complexity index is 52.6. The molecule has 1 rings (SSSR count). The Kier molecular flexibility index (Phi) is 1.56. The third-order valence-electron chi connectivity index (χ3n) is 0.645. The van der Waals surface area contributed by atoms with Gasteiger partial charge in [0.15, 0.2) is 0 Å². The largest absolute Gasteiger partial charge is 0.276 e. The van der Waals surface area contributed by atoms with Crippen LogP contribution in [-0.4, -0.2) is 17.8 Å². The normalized spacial score (nSPS) is 21.3. The molecule has 0 amide bonds. The molecule has 0 saturated heterocycles. The molecule has 1 heterocycles. The van der Waals surface area contributed by atoms with Gasteiger partial charge in [0.1, 0.15) is 5.55 Å². The molecule has 0 unspecified atom stereocenters. The molecular formula is C4H6NS. The molecular weight excluding hydrogens is 94.1 g/mol. The third kappa shape index (κ3) is 1.01. The van der Waals surface area contributed by atoms with E-state index in [1.165, 1.54) is 12.2 Å². The molecule has 6 heavy (non-hydrogen) atoms. The monoisotopic (exact) mass is 100 g/mol. The SMILES string of the molecule is [C]1=NCCCS1. The summed E-state index contributed by atoms with van der Waals surface area (Å²) in [5.74, 6) is 1.21. The molecule has 0 spiro atoms. The number of nitrogens with zero attached hydrogens (tertiary/aromatic N) is 1. The van der Waals surface area contributed by atoms with Gasteiger partial charge in [-0.2, -0.15) is 0 Å². The summed E-state index contributed by atoms with van der Waals surface area (Å²) in [6.07, 6.45) is 1.23. The highest BCUT2D eigenvalue weighted by molar-refractivity contribution is 8.12. The predicted octanol–water partition coefficient (Wildman–Crippen LogP) is 1.03. The van der Waals surface area contributed by atoms with Gasteiger partial charge in [-0.3, -0.25) is 4.99 Å². The molecule has 0 atom stereocenters. The van der Waals surface area contributed by atoms with E-state index in [9.17, 15) is 0 Å². The van der Waals surface area contributed by atoms with Crippen molar-refractivity contribution in [2.45, 2.75) is 6.42 Å². The lowest BCUT2D eigenvalue weighted by Crippen LogP contribution is -1.89. The summed E-state index contributed by atoms with van der Waals surface area (Å²) in [6.45, 7) is 0.993. The highest BCUT2D eigenvalue weighted by atomic mass is 32.2. The van der Waals surface area contributed by atoms with E-state index in [2.05, 4.69) is 10.5 Å². The lowest BCUT2D eigenvalue weighted by Gasteiger charge is -1.95. The average molecular weight is 100 g/mol. The highest BCUT2D eigenvalue weighted by Gasteiger charge is 1.89. The second-order valence-electron chi connectivity index (χ2n) is 1.18. The maximum atomic E-state index is 3.89. The summed E-state index contributed by atoms with van der Waals surface area (Å²) in [5.41, 5.74) is 2.83. The zero-order valence-corrected chi connectivity index (χ0v) is 4.29. The van der Waals surface area contributed by atoms with Crippen LogP contribution < -0.4 is 0 Å². The van der Waals surface area contributed by atoms with Gasteiger partial charge in [-0.25, -0.2) is 0 Å². The Morgan fingerprint density at radius 3 is 2.83 bits per heavy atom. The third-order valence-corrected chi connectivity index (χ3v) is 1.40. The molecule has 0 aromatic heterocycles. The van der Waals surface area contributed by atoms with Crippen molar-refractivity contribution in [2.75, 3.05) is 12.3 Å². The van der Waals surface area contributed by atoms with Crippen LogP contribution in [0.4, 0.5) is 0 Å². The summed E-state index contributed by atoms with van der Waals surface area (Å²) in [7, 11) is 0. The molecule has 1 radical (unpaired) electrons. The van der Waals surface area contributed by atoms with Gasteiger partial charge in [-0.1, -0.05) is 0 Å². The number of hydrogen-bond acceptors (Lipinski definition) is 2. The Balaban J connectivity index is 2.26. The fraction of sp³-hybridized carbons (Fsp3) is 0.750. The van der Waals surface area contributed by atoms with Crippen molar-refractivity contribution in [3.8, 4) is 0 Å². The molecule has 0 aromatic rings. The van der Waals surface area contributed by atoms with Crippen LogP contribution in [0.1, 0.15) is 6.42 Å². The van der Waals surface area contributed by atoms with E-state index in [4.69, 9.17) is 0 Å². The summed E-state index contributed by atoms with van der Waals surface area (Å²) in [6, 6.07) is 0. The second kappa shape index (κ2) is 2.24. The van der Waals surface area contributed by atoms with E-state index in [0.29, 0.717) is 0 Å². The van der Waals surface area contributed by atoms with Gasteiger partial charge in [0.05, 0.1) is 0 Å². The van der Waals surface area contributed by atoms with Crippen LogP contribution in [-0.2, 0) is 0 Å². The number of hydrogen-bond donors (Lipinski definition) is 0. The lowest BCUT2D eigenvalue weighted by atomic mass is 10.5. The molecule has 0 aliphatic carbocycles. The van der Waals surface area contributed by atoms with E-state index in [1.54, 1.807) is 11.8 Å². The molecule has 1 aliphatic rings. The maximum Gasteiger partial charge on any atom is 0.122 e. The standard InChI is InChI=1S/C4H6NS/c1-2-5-4-6-3-1/h1-3H2. The minimum atomic E-state index is 0.993. The van der Waals surface area contributed by atoms with Crippen LogP contribution >= 0.6 is 11.8 Å². The van der Waals surface area contributed by atoms with Crippen molar-refractivity contribution in [2.24, 2.45) is 4.99 Å². The van der Waals surface area contributed by atoms with Crippen molar-refractivity contribution >= 4 is 17.3 Å². The maximum absolute atomic E-state index is 3.89. The second-order valence-corrected chi connectivity index (χ2v) is 2.05. The Morgan fingerprint density at radius 2 is 2.67 bits per heavy atom. The van der Waals surface area contributed by atoms with Crippen molar-refractivity contribution in [1.29, 1.82) is 0 Å². The summed E-state index contributed by atoms with van der Waals surface area (Å²) < 4.78 is 0.